The lowest BCUT2D eigenvalue weighted by Crippen LogP contribution is -2.39. The Morgan fingerprint density at radius 3 is 2.46 bits per heavy atom. The maximum absolute atomic E-state index is 12.8. The number of sulfonamides is 1. The topological polar surface area (TPSA) is 70.4 Å². The number of rotatable bonds is 5. The third-order valence-corrected chi connectivity index (χ3v) is 6.72. The lowest BCUT2D eigenvalue weighted by Gasteiger charge is -2.31. The van der Waals surface area contributed by atoms with Crippen LogP contribution in [0.2, 0.25) is 0 Å². The summed E-state index contributed by atoms with van der Waals surface area (Å²) in [7, 11) is -3.63. The van der Waals surface area contributed by atoms with E-state index >= 15 is 0 Å². The molecular weight excluding hydrogens is 348 g/mol. The lowest BCUT2D eigenvalue weighted by atomic mass is 9.99. The molecule has 0 atom stereocenters. The summed E-state index contributed by atoms with van der Waals surface area (Å²) in [6.07, 6.45) is 1.50. The van der Waals surface area contributed by atoms with Crippen LogP contribution in [0.4, 0.5) is 0 Å². The smallest absolute Gasteiger partial charge is 0.244 e. The molecule has 1 aliphatic heterocycles. The molecule has 0 aromatic heterocycles. The highest BCUT2D eigenvalue weighted by Gasteiger charge is 2.31. The fourth-order valence-electron chi connectivity index (χ4n) is 3.17. The molecule has 1 heterocycles. The van der Waals surface area contributed by atoms with Crippen LogP contribution >= 0.6 is 0 Å². The van der Waals surface area contributed by atoms with Crippen LogP contribution in [0.1, 0.15) is 24.0 Å². The van der Waals surface area contributed by atoms with E-state index in [0.717, 1.165) is 24.2 Å². The zero-order valence-corrected chi connectivity index (χ0v) is 15.6. The molecule has 0 bridgehead atoms. The summed E-state index contributed by atoms with van der Waals surface area (Å²) in [5.74, 6) is 1.21. The average molecular weight is 370 g/mol. The van der Waals surface area contributed by atoms with E-state index in [1.807, 2.05) is 37.3 Å². The van der Waals surface area contributed by atoms with Crippen LogP contribution in [0, 0.1) is 24.2 Å². The first-order valence-electron chi connectivity index (χ1n) is 8.70. The van der Waals surface area contributed by atoms with Crippen LogP contribution in [-0.2, 0) is 10.0 Å². The molecule has 0 spiro atoms. The highest BCUT2D eigenvalue weighted by atomic mass is 32.2. The third-order valence-electron chi connectivity index (χ3n) is 4.77. The molecule has 6 heteroatoms. The fraction of sp³-hybridized carbons (Fsp3) is 0.350. The first kappa shape index (κ1) is 18.4. The van der Waals surface area contributed by atoms with E-state index in [1.54, 1.807) is 12.1 Å². The van der Waals surface area contributed by atoms with Crippen molar-refractivity contribution in [1.82, 2.24) is 4.31 Å². The summed E-state index contributed by atoms with van der Waals surface area (Å²) in [5, 5.41) is 9.17. The zero-order chi connectivity index (χ0) is 18.6. The molecule has 1 fully saturated rings. The van der Waals surface area contributed by atoms with Gasteiger partial charge in [0, 0.05) is 13.1 Å². The molecule has 0 unspecified atom stereocenters. The van der Waals surface area contributed by atoms with Gasteiger partial charge in [-0.25, -0.2) is 8.42 Å². The Balaban J connectivity index is 1.61. The summed E-state index contributed by atoms with van der Waals surface area (Å²) in [5.41, 5.74) is 1.29. The summed E-state index contributed by atoms with van der Waals surface area (Å²) >= 11 is 0. The van der Waals surface area contributed by atoms with Gasteiger partial charge < -0.3 is 4.74 Å². The van der Waals surface area contributed by atoms with Gasteiger partial charge in [-0.05, 0) is 49.4 Å². The minimum absolute atomic E-state index is 0.0945. The molecule has 2 aromatic rings. The number of piperidine rings is 1. The molecule has 2 aromatic carbocycles. The van der Waals surface area contributed by atoms with Gasteiger partial charge in [0.25, 0.3) is 0 Å². The molecule has 5 nitrogen and oxygen atoms in total. The summed E-state index contributed by atoms with van der Waals surface area (Å²) in [6.45, 7) is 3.50. The Labute approximate surface area is 154 Å². The largest absolute Gasteiger partial charge is 0.493 e. The molecule has 0 aliphatic carbocycles. The van der Waals surface area contributed by atoms with Gasteiger partial charge in [-0.1, -0.05) is 30.3 Å². The standard InChI is InChI=1S/C20H22N2O3S/c1-16-6-2-4-8-19(16)25-15-17-10-12-22(13-11-17)26(23,24)20-9-5-3-7-18(20)14-21/h2-9,17H,10-13,15H2,1H3. The minimum atomic E-state index is -3.63. The number of nitriles is 1. The number of hydrogen-bond acceptors (Lipinski definition) is 4. The Morgan fingerprint density at radius 2 is 1.77 bits per heavy atom. The van der Waals surface area contributed by atoms with Crippen molar-refractivity contribution in [2.24, 2.45) is 5.92 Å². The van der Waals surface area contributed by atoms with Crippen molar-refractivity contribution in [2.45, 2.75) is 24.7 Å². The van der Waals surface area contributed by atoms with Gasteiger partial charge in [-0.2, -0.15) is 9.57 Å². The predicted molar refractivity (Wildman–Crippen MR) is 99.3 cm³/mol. The summed E-state index contributed by atoms with van der Waals surface area (Å²) in [6, 6.07) is 16.2. The predicted octanol–water partition coefficient (Wildman–Crippen LogP) is 3.35. The van der Waals surface area contributed by atoms with Crippen LogP contribution in [0.15, 0.2) is 53.4 Å². The molecule has 1 aliphatic rings. The quantitative estimate of drug-likeness (QED) is 0.809. The van der Waals surface area contributed by atoms with Crippen molar-refractivity contribution in [3.05, 3.63) is 59.7 Å². The molecule has 0 radical (unpaired) electrons. The molecule has 26 heavy (non-hydrogen) atoms. The van der Waals surface area contributed by atoms with Crippen LogP contribution in [0.3, 0.4) is 0 Å². The molecule has 0 saturated carbocycles. The second-order valence-electron chi connectivity index (χ2n) is 6.53. The second kappa shape index (κ2) is 7.90. The Bertz CT molecular complexity index is 911. The van der Waals surface area contributed by atoms with Crippen molar-refractivity contribution in [1.29, 1.82) is 5.26 Å². The zero-order valence-electron chi connectivity index (χ0n) is 14.8. The second-order valence-corrected chi connectivity index (χ2v) is 8.44. The maximum atomic E-state index is 12.8. The van der Waals surface area contributed by atoms with E-state index < -0.39 is 10.0 Å². The number of benzene rings is 2. The first-order chi connectivity index (χ1) is 12.5. The van der Waals surface area contributed by atoms with Crippen molar-refractivity contribution in [2.75, 3.05) is 19.7 Å². The normalized spacial score (nSPS) is 16.2. The van der Waals surface area contributed by atoms with E-state index in [2.05, 4.69) is 0 Å². The molecule has 1 saturated heterocycles. The average Bonchev–Trinajstić information content (AvgIpc) is 2.67. The monoisotopic (exact) mass is 370 g/mol. The molecule has 3 rings (SSSR count). The van der Waals surface area contributed by atoms with Gasteiger partial charge in [0.15, 0.2) is 0 Å². The Hall–Kier alpha value is -2.36. The summed E-state index contributed by atoms with van der Waals surface area (Å²) in [4.78, 5) is 0.0945. The Kier molecular flexibility index (Phi) is 5.60. The summed E-state index contributed by atoms with van der Waals surface area (Å²) < 4.78 is 33.1. The number of nitrogens with zero attached hydrogens (tertiary/aromatic N) is 2. The van der Waals surface area contributed by atoms with E-state index in [9.17, 15) is 13.7 Å². The number of hydrogen-bond donors (Lipinski definition) is 0. The first-order valence-corrected chi connectivity index (χ1v) is 10.1. The van der Waals surface area contributed by atoms with Crippen molar-refractivity contribution < 1.29 is 13.2 Å². The van der Waals surface area contributed by atoms with E-state index in [4.69, 9.17) is 4.74 Å². The van der Waals surface area contributed by atoms with Crippen LogP contribution < -0.4 is 4.74 Å². The lowest BCUT2D eigenvalue weighted by molar-refractivity contribution is 0.184. The highest BCUT2D eigenvalue weighted by Crippen LogP contribution is 2.26. The number of para-hydroxylation sites is 1. The fourth-order valence-corrected chi connectivity index (χ4v) is 4.78. The Morgan fingerprint density at radius 1 is 1.12 bits per heavy atom. The van der Waals surface area contributed by atoms with Gasteiger partial charge in [-0.15, -0.1) is 0 Å². The van der Waals surface area contributed by atoms with Crippen LogP contribution in [-0.4, -0.2) is 32.4 Å². The molecule has 136 valence electrons. The van der Waals surface area contributed by atoms with Crippen molar-refractivity contribution in [3.63, 3.8) is 0 Å². The van der Waals surface area contributed by atoms with Gasteiger partial charge >= 0.3 is 0 Å². The molecular formula is C20H22N2O3S. The highest BCUT2D eigenvalue weighted by molar-refractivity contribution is 7.89. The maximum Gasteiger partial charge on any atom is 0.244 e. The number of aryl methyl sites for hydroxylation is 1. The van der Waals surface area contributed by atoms with Crippen LogP contribution in [0.5, 0.6) is 5.75 Å². The SMILES string of the molecule is Cc1ccccc1OCC1CCN(S(=O)(=O)c2ccccc2C#N)CC1. The van der Waals surface area contributed by atoms with Crippen molar-refractivity contribution in [3.8, 4) is 11.8 Å². The van der Waals surface area contributed by atoms with Crippen LogP contribution in [0.25, 0.3) is 0 Å². The van der Waals surface area contributed by atoms with Gasteiger partial charge in [0.1, 0.15) is 11.8 Å². The van der Waals surface area contributed by atoms with E-state index in [1.165, 1.54) is 16.4 Å². The molecule has 0 N–H and O–H groups in total. The van der Waals surface area contributed by atoms with Gasteiger partial charge in [-0.3, -0.25) is 0 Å². The molecule has 0 amide bonds. The van der Waals surface area contributed by atoms with E-state index in [-0.39, 0.29) is 10.5 Å². The minimum Gasteiger partial charge on any atom is -0.493 e. The van der Waals surface area contributed by atoms with Gasteiger partial charge in [0.2, 0.25) is 10.0 Å². The number of ether oxygens (including phenoxy) is 1. The van der Waals surface area contributed by atoms with Gasteiger partial charge in [0.05, 0.1) is 17.1 Å². The van der Waals surface area contributed by atoms with E-state index in [0.29, 0.717) is 25.6 Å². The third kappa shape index (κ3) is 3.90. The van der Waals surface area contributed by atoms with Crippen molar-refractivity contribution >= 4 is 10.0 Å².